The first-order chi connectivity index (χ1) is 5.65. The molecule has 1 aliphatic carbocycles. The monoisotopic (exact) mass is 167 g/mol. The summed E-state index contributed by atoms with van der Waals surface area (Å²) in [6.07, 6.45) is 4.39. The van der Waals surface area contributed by atoms with Crippen LogP contribution in [0.1, 0.15) is 19.8 Å². The van der Waals surface area contributed by atoms with Gasteiger partial charge in [-0.2, -0.15) is 0 Å². The van der Waals surface area contributed by atoms with E-state index in [9.17, 15) is 0 Å². The molecule has 0 spiro atoms. The van der Waals surface area contributed by atoms with Crippen molar-refractivity contribution in [2.75, 3.05) is 21.2 Å². The van der Waals surface area contributed by atoms with Crippen LogP contribution in [0.15, 0.2) is 23.1 Å². The van der Waals surface area contributed by atoms with E-state index in [2.05, 4.69) is 18.0 Å². The number of hydrogen-bond acceptors (Lipinski definition) is 2. The van der Waals surface area contributed by atoms with E-state index in [1.165, 1.54) is 11.1 Å². The summed E-state index contributed by atoms with van der Waals surface area (Å²) in [5, 5.41) is 0. The lowest BCUT2D eigenvalue weighted by Crippen LogP contribution is -2.03. The van der Waals surface area contributed by atoms with Crippen LogP contribution in [0.3, 0.4) is 0 Å². The van der Waals surface area contributed by atoms with Crippen molar-refractivity contribution >= 4 is 0 Å². The van der Waals surface area contributed by atoms with Crippen molar-refractivity contribution in [2.45, 2.75) is 19.8 Å². The Kier molecular flexibility index (Phi) is 2.79. The van der Waals surface area contributed by atoms with Crippen LogP contribution in [0.2, 0.25) is 0 Å². The molecule has 2 nitrogen and oxygen atoms in total. The third-order valence-corrected chi connectivity index (χ3v) is 2.07. The third kappa shape index (κ3) is 1.81. The maximum absolute atomic E-state index is 5.32. The molecule has 1 aliphatic rings. The number of nitrogens with zero attached hydrogens (tertiary/aromatic N) is 1. The molecule has 0 radical (unpaired) electrons. The van der Waals surface area contributed by atoms with Gasteiger partial charge in [-0.3, -0.25) is 0 Å². The first kappa shape index (κ1) is 9.17. The first-order valence-corrected chi connectivity index (χ1v) is 4.26. The van der Waals surface area contributed by atoms with Gasteiger partial charge in [-0.25, -0.2) is 0 Å². The molecule has 0 N–H and O–H groups in total. The molecule has 0 bridgehead atoms. The maximum atomic E-state index is 5.32. The van der Waals surface area contributed by atoms with Crippen LogP contribution in [0, 0.1) is 0 Å². The van der Waals surface area contributed by atoms with Gasteiger partial charge in [0.1, 0.15) is 5.76 Å². The fourth-order valence-corrected chi connectivity index (χ4v) is 1.56. The minimum absolute atomic E-state index is 1.09. The van der Waals surface area contributed by atoms with Crippen molar-refractivity contribution in [2.24, 2.45) is 0 Å². The number of hydrogen-bond donors (Lipinski definition) is 0. The van der Waals surface area contributed by atoms with Gasteiger partial charge in [0.05, 0.1) is 7.11 Å². The molecule has 2 heteroatoms. The molecule has 0 aromatic carbocycles. The second-order valence-corrected chi connectivity index (χ2v) is 3.43. The largest absolute Gasteiger partial charge is 0.496 e. The molecule has 68 valence electrons. The summed E-state index contributed by atoms with van der Waals surface area (Å²) in [4.78, 5) is 2.06. The van der Waals surface area contributed by atoms with E-state index in [1.54, 1.807) is 7.11 Å². The van der Waals surface area contributed by atoms with Crippen LogP contribution < -0.4 is 0 Å². The van der Waals surface area contributed by atoms with E-state index in [-0.39, 0.29) is 0 Å². The maximum Gasteiger partial charge on any atom is 0.122 e. The van der Waals surface area contributed by atoms with Crippen LogP contribution in [-0.4, -0.2) is 26.1 Å². The molecule has 1 rings (SSSR count). The third-order valence-electron chi connectivity index (χ3n) is 2.07. The van der Waals surface area contributed by atoms with Crippen molar-refractivity contribution < 1.29 is 4.74 Å². The van der Waals surface area contributed by atoms with Crippen molar-refractivity contribution in [3.8, 4) is 0 Å². The van der Waals surface area contributed by atoms with Gasteiger partial charge in [0.15, 0.2) is 0 Å². The smallest absolute Gasteiger partial charge is 0.122 e. The van der Waals surface area contributed by atoms with Crippen LogP contribution in [0.4, 0.5) is 0 Å². The number of allylic oxidation sites excluding steroid dienone is 2. The number of methoxy groups -OCH3 is 1. The number of rotatable bonds is 2. The van der Waals surface area contributed by atoms with E-state index >= 15 is 0 Å². The SMILES string of the molecule is COC1=C(C)CC/C1=C\N(C)C. The zero-order valence-corrected chi connectivity index (χ0v) is 8.35. The van der Waals surface area contributed by atoms with Crippen molar-refractivity contribution in [3.63, 3.8) is 0 Å². The summed E-state index contributed by atoms with van der Waals surface area (Å²) in [6.45, 7) is 2.13. The summed E-state index contributed by atoms with van der Waals surface area (Å²) in [5.74, 6) is 1.09. The molecule has 0 amide bonds. The Balaban J connectivity index is 2.82. The first-order valence-electron chi connectivity index (χ1n) is 4.26. The van der Waals surface area contributed by atoms with Gasteiger partial charge in [0.2, 0.25) is 0 Å². The fourth-order valence-electron chi connectivity index (χ4n) is 1.56. The van der Waals surface area contributed by atoms with Crippen LogP contribution in [0.5, 0.6) is 0 Å². The Labute approximate surface area is 74.5 Å². The predicted octanol–water partition coefficient (Wildman–Crippen LogP) is 2.15. The normalized spacial score (nSPS) is 20.5. The molecule has 0 aliphatic heterocycles. The second kappa shape index (κ2) is 3.65. The Morgan fingerprint density at radius 3 is 2.50 bits per heavy atom. The Hall–Kier alpha value is -0.920. The molecule has 0 aromatic rings. The van der Waals surface area contributed by atoms with Crippen LogP contribution in [-0.2, 0) is 4.74 Å². The van der Waals surface area contributed by atoms with Gasteiger partial charge in [0.25, 0.3) is 0 Å². The van der Waals surface area contributed by atoms with E-state index < -0.39 is 0 Å². The molecular weight excluding hydrogens is 150 g/mol. The van der Waals surface area contributed by atoms with Crippen LogP contribution in [0.25, 0.3) is 0 Å². The Morgan fingerprint density at radius 2 is 2.00 bits per heavy atom. The Morgan fingerprint density at radius 1 is 1.33 bits per heavy atom. The highest BCUT2D eigenvalue weighted by Gasteiger charge is 2.17. The zero-order chi connectivity index (χ0) is 9.14. The summed E-state index contributed by atoms with van der Waals surface area (Å²) >= 11 is 0. The molecular formula is C10H17NO. The van der Waals surface area contributed by atoms with E-state index in [1.807, 2.05) is 14.1 Å². The lowest BCUT2D eigenvalue weighted by atomic mass is 10.2. The average molecular weight is 167 g/mol. The predicted molar refractivity (Wildman–Crippen MR) is 50.7 cm³/mol. The standard InChI is InChI=1S/C10H17NO/c1-8-5-6-9(7-11(2)3)10(8)12-4/h7H,5-6H2,1-4H3/b9-7+. The van der Waals surface area contributed by atoms with Gasteiger partial charge in [-0.15, -0.1) is 0 Å². The highest BCUT2D eigenvalue weighted by Crippen LogP contribution is 2.31. The number of ether oxygens (including phenoxy) is 1. The minimum Gasteiger partial charge on any atom is -0.496 e. The lowest BCUT2D eigenvalue weighted by Gasteiger charge is -2.09. The Bertz CT molecular complexity index is 226. The van der Waals surface area contributed by atoms with E-state index in [0.29, 0.717) is 0 Å². The quantitative estimate of drug-likeness (QED) is 0.624. The van der Waals surface area contributed by atoms with Crippen molar-refractivity contribution in [1.29, 1.82) is 0 Å². The highest BCUT2D eigenvalue weighted by atomic mass is 16.5. The molecule has 0 atom stereocenters. The van der Waals surface area contributed by atoms with Gasteiger partial charge in [-0.1, -0.05) is 0 Å². The molecule has 0 unspecified atom stereocenters. The molecule has 0 saturated carbocycles. The van der Waals surface area contributed by atoms with Gasteiger partial charge < -0.3 is 9.64 Å². The van der Waals surface area contributed by atoms with Crippen LogP contribution >= 0.6 is 0 Å². The van der Waals surface area contributed by atoms with Gasteiger partial charge in [-0.05, 0) is 25.3 Å². The molecule has 12 heavy (non-hydrogen) atoms. The molecule has 0 aromatic heterocycles. The van der Waals surface area contributed by atoms with Crippen molar-refractivity contribution in [3.05, 3.63) is 23.1 Å². The molecule has 0 fully saturated rings. The minimum atomic E-state index is 1.09. The summed E-state index contributed by atoms with van der Waals surface area (Å²) in [5.41, 5.74) is 2.69. The lowest BCUT2D eigenvalue weighted by molar-refractivity contribution is 0.298. The fraction of sp³-hybridized carbons (Fsp3) is 0.600. The van der Waals surface area contributed by atoms with Gasteiger partial charge in [0, 0.05) is 25.9 Å². The highest BCUT2D eigenvalue weighted by molar-refractivity contribution is 5.35. The topological polar surface area (TPSA) is 12.5 Å². The van der Waals surface area contributed by atoms with E-state index in [4.69, 9.17) is 4.74 Å². The average Bonchev–Trinajstić information content (AvgIpc) is 2.30. The molecule has 0 saturated heterocycles. The van der Waals surface area contributed by atoms with E-state index in [0.717, 1.165) is 18.6 Å². The second-order valence-electron chi connectivity index (χ2n) is 3.43. The van der Waals surface area contributed by atoms with Crippen molar-refractivity contribution in [1.82, 2.24) is 4.90 Å². The zero-order valence-electron chi connectivity index (χ0n) is 8.35. The molecule has 0 heterocycles. The summed E-state index contributed by atoms with van der Waals surface area (Å²) < 4.78 is 5.32. The summed E-state index contributed by atoms with van der Waals surface area (Å²) in [7, 11) is 5.82. The summed E-state index contributed by atoms with van der Waals surface area (Å²) in [6, 6.07) is 0. The van der Waals surface area contributed by atoms with Gasteiger partial charge >= 0.3 is 0 Å².